The van der Waals surface area contributed by atoms with Gasteiger partial charge in [0.05, 0.1) is 6.20 Å². The number of aromatic nitrogens is 3. The molecular formula is C8H8N4OS. The van der Waals surface area contributed by atoms with Gasteiger partial charge in [-0.25, -0.2) is 15.0 Å². The second-order valence-corrected chi connectivity index (χ2v) is 3.36. The molecule has 0 aliphatic rings. The van der Waals surface area contributed by atoms with Crippen molar-refractivity contribution in [2.45, 2.75) is 10.2 Å². The van der Waals surface area contributed by atoms with Crippen LogP contribution in [0.4, 0.5) is 5.82 Å². The van der Waals surface area contributed by atoms with Crippen LogP contribution in [0.1, 0.15) is 0 Å². The molecule has 2 aromatic heterocycles. The van der Waals surface area contributed by atoms with Gasteiger partial charge < -0.3 is 9.73 Å². The number of anilines is 1. The standard InChI is InChI=1S/C8H8N4OS/c1-9-6-4-7(12-5-11-6)14-8-10-2-3-13-8/h2-5H,1H3,(H,9,11,12). The van der Waals surface area contributed by atoms with E-state index in [2.05, 4.69) is 20.3 Å². The number of hydrogen-bond acceptors (Lipinski definition) is 6. The van der Waals surface area contributed by atoms with Crippen molar-refractivity contribution >= 4 is 17.6 Å². The molecule has 0 unspecified atom stereocenters. The van der Waals surface area contributed by atoms with Gasteiger partial charge in [0, 0.05) is 13.1 Å². The molecule has 0 aliphatic carbocycles. The van der Waals surface area contributed by atoms with Crippen LogP contribution in [-0.4, -0.2) is 22.0 Å². The lowest BCUT2D eigenvalue weighted by Crippen LogP contribution is -1.93. The fraction of sp³-hybridized carbons (Fsp3) is 0.125. The van der Waals surface area contributed by atoms with Gasteiger partial charge in [-0.15, -0.1) is 0 Å². The Labute approximate surface area is 85.0 Å². The maximum atomic E-state index is 5.08. The Hall–Kier alpha value is -1.56. The molecule has 0 atom stereocenters. The highest BCUT2D eigenvalue weighted by Gasteiger charge is 2.03. The molecule has 0 saturated carbocycles. The fourth-order valence-corrected chi connectivity index (χ4v) is 1.55. The van der Waals surface area contributed by atoms with Crippen LogP contribution in [0.25, 0.3) is 0 Å². The summed E-state index contributed by atoms with van der Waals surface area (Å²) < 4.78 is 5.08. The summed E-state index contributed by atoms with van der Waals surface area (Å²) in [6.45, 7) is 0. The van der Waals surface area contributed by atoms with Gasteiger partial charge in [-0.1, -0.05) is 0 Å². The average Bonchev–Trinajstić information content (AvgIpc) is 2.71. The highest BCUT2D eigenvalue weighted by molar-refractivity contribution is 7.99. The molecule has 0 saturated heterocycles. The van der Waals surface area contributed by atoms with Crippen LogP contribution in [0.2, 0.25) is 0 Å². The summed E-state index contributed by atoms with van der Waals surface area (Å²) >= 11 is 1.35. The van der Waals surface area contributed by atoms with E-state index in [1.54, 1.807) is 6.20 Å². The number of nitrogens with zero attached hydrogens (tertiary/aromatic N) is 3. The van der Waals surface area contributed by atoms with Gasteiger partial charge in [0.2, 0.25) is 0 Å². The van der Waals surface area contributed by atoms with Gasteiger partial charge in [0.1, 0.15) is 23.4 Å². The van der Waals surface area contributed by atoms with Crippen molar-refractivity contribution in [3.63, 3.8) is 0 Å². The lowest BCUT2D eigenvalue weighted by Gasteiger charge is -1.99. The first-order chi connectivity index (χ1) is 6.88. The summed E-state index contributed by atoms with van der Waals surface area (Å²) in [7, 11) is 1.81. The van der Waals surface area contributed by atoms with E-state index in [9.17, 15) is 0 Å². The summed E-state index contributed by atoms with van der Waals surface area (Å²) in [5, 5.41) is 4.30. The van der Waals surface area contributed by atoms with Gasteiger partial charge in [-0.3, -0.25) is 0 Å². The van der Waals surface area contributed by atoms with Crippen LogP contribution in [0.5, 0.6) is 0 Å². The van der Waals surface area contributed by atoms with E-state index in [4.69, 9.17) is 4.42 Å². The summed E-state index contributed by atoms with van der Waals surface area (Å²) in [5.74, 6) is 0.772. The average molecular weight is 208 g/mol. The maximum absolute atomic E-state index is 5.08. The molecule has 6 heteroatoms. The van der Waals surface area contributed by atoms with Gasteiger partial charge in [0.15, 0.2) is 0 Å². The third kappa shape index (κ3) is 2.02. The van der Waals surface area contributed by atoms with E-state index in [1.807, 2.05) is 13.1 Å². The Bertz CT molecular complexity index is 403. The molecule has 0 spiro atoms. The van der Waals surface area contributed by atoms with Gasteiger partial charge >= 0.3 is 0 Å². The zero-order chi connectivity index (χ0) is 9.80. The SMILES string of the molecule is CNc1cc(Sc2ncco2)ncn1. The van der Waals surface area contributed by atoms with Crippen molar-refractivity contribution in [2.75, 3.05) is 12.4 Å². The summed E-state index contributed by atoms with van der Waals surface area (Å²) in [4.78, 5) is 12.1. The van der Waals surface area contributed by atoms with E-state index in [0.29, 0.717) is 5.22 Å². The largest absolute Gasteiger partial charge is 0.440 e. The second kappa shape index (κ2) is 4.10. The van der Waals surface area contributed by atoms with Crippen LogP contribution in [0, 0.1) is 0 Å². The third-order valence-corrected chi connectivity index (χ3v) is 2.31. The lowest BCUT2D eigenvalue weighted by atomic mass is 10.6. The van der Waals surface area contributed by atoms with Crippen LogP contribution in [-0.2, 0) is 0 Å². The molecule has 0 fully saturated rings. The number of oxazole rings is 1. The second-order valence-electron chi connectivity index (χ2n) is 2.39. The fourth-order valence-electron chi connectivity index (χ4n) is 0.882. The molecule has 0 aromatic carbocycles. The predicted octanol–water partition coefficient (Wildman–Crippen LogP) is 1.66. The zero-order valence-corrected chi connectivity index (χ0v) is 8.28. The Kier molecular flexibility index (Phi) is 2.64. The van der Waals surface area contributed by atoms with Crippen LogP contribution in [0.15, 0.2) is 39.5 Å². The van der Waals surface area contributed by atoms with Crippen molar-refractivity contribution in [2.24, 2.45) is 0 Å². The Morgan fingerprint density at radius 3 is 3.00 bits per heavy atom. The minimum atomic E-state index is 0.575. The van der Waals surface area contributed by atoms with Crippen molar-refractivity contribution in [3.8, 4) is 0 Å². The Balaban J connectivity index is 2.17. The molecule has 2 heterocycles. The van der Waals surface area contributed by atoms with E-state index in [-0.39, 0.29) is 0 Å². The minimum absolute atomic E-state index is 0.575. The number of rotatable bonds is 3. The molecule has 0 amide bonds. The molecule has 0 radical (unpaired) electrons. The van der Waals surface area contributed by atoms with Gasteiger partial charge in [0.25, 0.3) is 5.22 Å². The van der Waals surface area contributed by atoms with Gasteiger partial charge in [-0.2, -0.15) is 0 Å². The first-order valence-electron chi connectivity index (χ1n) is 3.95. The minimum Gasteiger partial charge on any atom is -0.440 e. The molecule has 2 aromatic rings. The zero-order valence-electron chi connectivity index (χ0n) is 7.47. The Morgan fingerprint density at radius 2 is 2.29 bits per heavy atom. The van der Waals surface area contributed by atoms with Crippen molar-refractivity contribution in [3.05, 3.63) is 24.9 Å². The third-order valence-electron chi connectivity index (χ3n) is 1.50. The first kappa shape index (κ1) is 9.01. The highest BCUT2D eigenvalue weighted by atomic mass is 32.2. The van der Waals surface area contributed by atoms with Gasteiger partial charge in [-0.05, 0) is 11.8 Å². The number of nitrogens with one attached hydrogen (secondary N) is 1. The molecule has 1 N–H and O–H groups in total. The lowest BCUT2D eigenvalue weighted by molar-refractivity contribution is 0.454. The molecule has 5 nitrogen and oxygen atoms in total. The number of hydrogen-bond donors (Lipinski definition) is 1. The topological polar surface area (TPSA) is 63.8 Å². The molecular weight excluding hydrogens is 200 g/mol. The predicted molar refractivity (Wildman–Crippen MR) is 52.2 cm³/mol. The van der Waals surface area contributed by atoms with E-state index in [0.717, 1.165) is 10.8 Å². The first-order valence-corrected chi connectivity index (χ1v) is 4.77. The van der Waals surface area contributed by atoms with Crippen LogP contribution >= 0.6 is 11.8 Å². The van der Waals surface area contributed by atoms with Crippen molar-refractivity contribution < 1.29 is 4.42 Å². The highest BCUT2D eigenvalue weighted by Crippen LogP contribution is 2.24. The van der Waals surface area contributed by atoms with Crippen molar-refractivity contribution in [1.82, 2.24) is 15.0 Å². The molecule has 14 heavy (non-hydrogen) atoms. The van der Waals surface area contributed by atoms with E-state index in [1.165, 1.54) is 24.4 Å². The summed E-state index contributed by atoms with van der Waals surface area (Å²) in [6, 6.07) is 1.83. The summed E-state index contributed by atoms with van der Waals surface area (Å²) in [5.41, 5.74) is 0. The van der Waals surface area contributed by atoms with E-state index >= 15 is 0 Å². The summed E-state index contributed by atoms with van der Waals surface area (Å²) in [6.07, 6.45) is 4.63. The quantitative estimate of drug-likeness (QED) is 0.774. The smallest absolute Gasteiger partial charge is 0.261 e. The maximum Gasteiger partial charge on any atom is 0.261 e. The molecule has 0 aliphatic heterocycles. The monoisotopic (exact) mass is 208 g/mol. The molecule has 0 bridgehead atoms. The Morgan fingerprint density at radius 1 is 1.36 bits per heavy atom. The van der Waals surface area contributed by atoms with Crippen molar-refractivity contribution in [1.29, 1.82) is 0 Å². The molecule has 2 rings (SSSR count). The van der Waals surface area contributed by atoms with Crippen LogP contribution < -0.4 is 5.32 Å². The van der Waals surface area contributed by atoms with E-state index < -0.39 is 0 Å². The molecule has 72 valence electrons. The normalized spacial score (nSPS) is 10.1. The van der Waals surface area contributed by atoms with Crippen LogP contribution in [0.3, 0.4) is 0 Å².